The van der Waals surface area contributed by atoms with Gasteiger partial charge in [-0.3, -0.25) is 0 Å². The van der Waals surface area contributed by atoms with Crippen molar-refractivity contribution >= 4 is 27.4 Å². The number of anilines is 1. The van der Waals surface area contributed by atoms with E-state index in [1.807, 2.05) is 24.0 Å². The Labute approximate surface area is 181 Å². The number of ether oxygens (including phenoxy) is 1. The number of piperazine rings is 1. The molecule has 0 saturated carbocycles. The van der Waals surface area contributed by atoms with Gasteiger partial charge in [-0.2, -0.15) is 4.31 Å². The van der Waals surface area contributed by atoms with E-state index in [1.165, 1.54) is 6.33 Å². The molecule has 1 aliphatic heterocycles. The number of halogens is 1. The van der Waals surface area contributed by atoms with Crippen molar-refractivity contribution in [1.29, 1.82) is 0 Å². The number of benzene rings is 2. The first-order chi connectivity index (χ1) is 14.4. The number of rotatable bonds is 5. The van der Waals surface area contributed by atoms with Crippen LogP contribution in [-0.2, 0) is 10.0 Å². The van der Waals surface area contributed by atoms with Crippen molar-refractivity contribution in [1.82, 2.24) is 14.3 Å². The second-order valence-corrected chi connectivity index (χ2v) is 9.27. The average molecular weight is 445 g/mol. The minimum absolute atomic E-state index is 0.216. The number of sulfonamides is 1. The van der Waals surface area contributed by atoms with E-state index in [9.17, 15) is 8.42 Å². The number of nitrogens with zero attached hydrogens (tertiary/aromatic N) is 4. The van der Waals surface area contributed by atoms with Crippen molar-refractivity contribution < 1.29 is 13.2 Å². The number of hydrogen-bond acceptors (Lipinski definition) is 6. The van der Waals surface area contributed by atoms with E-state index in [2.05, 4.69) is 9.97 Å². The Morgan fingerprint density at radius 2 is 1.77 bits per heavy atom. The van der Waals surface area contributed by atoms with Crippen molar-refractivity contribution in [3.05, 3.63) is 72.0 Å². The lowest BCUT2D eigenvalue weighted by Gasteiger charge is -2.39. The minimum Gasteiger partial charge on any atom is -0.437 e. The molecule has 0 aliphatic carbocycles. The van der Waals surface area contributed by atoms with E-state index < -0.39 is 10.0 Å². The predicted octanol–water partition coefficient (Wildman–Crippen LogP) is 3.82. The Morgan fingerprint density at radius 1 is 1.03 bits per heavy atom. The molecule has 3 aromatic rings. The summed E-state index contributed by atoms with van der Waals surface area (Å²) in [6.07, 6.45) is 1.43. The molecule has 2 aromatic carbocycles. The Kier molecular flexibility index (Phi) is 5.90. The van der Waals surface area contributed by atoms with Crippen LogP contribution < -0.4 is 9.64 Å². The summed E-state index contributed by atoms with van der Waals surface area (Å²) in [6.45, 7) is 3.28. The summed E-state index contributed by atoms with van der Waals surface area (Å²) >= 11 is 6.15. The van der Waals surface area contributed by atoms with E-state index in [0.29, 0.717) is 47.0 Å². The summed E-state index contributed by atoms with van der Waals surface area (Å²) < 4.78 is 33.3. The van der Waals surface area contributed by atoms with Crippen LogP contribution in [0.5, 0.6) is 11.6 Å². The molecule has 1 aliphatic rings. The summed E-state index contributed by atoms with van der Waals surface area (Å²) in [5.74, 6) is 1.56. The summed E-state index contributed by atoms with van der Waals surface area (Å²) in [5, 5.41) is 0.492. The SMILES string of the molecule is CC1CN(c2cc(Oc3ccccc3Cl)ncn2)CCN1S(=O)(=O)c1ccccc1. The highest BCUT2D eigenvalue weighted by molar-refractivity contribution is 7.89. The van der Waals surface area contributed by atoms with Crippen LogP contribution in [0.25, 0.3) is 0 Å². The zero-order valence-electron chi connectivity index (χ0n) is 16.3. The maximum atomic E-state index is 13.0. The molecule has 9 heteroatoms. The zero-order chi connectivity index (χ0) is 21.1. The standard InChI is InChI=1S/C21H21ClN4O3S/c1-16-14-25(11-12-26(16)30(27,28)17-7-3-2-4-8-17)20-13-21(24-15-23-20)29-19-10-6-5-9-18(19)22/h2-10,13,15-16H,11-12,14H2,1H3. The molecule has 1 fully saturated rings. The van der Waals surface area contributed by atoms with Gasteiger partial charge in [0.25, 0.3) is 0 Å². The van der Waals surface area contributed by atoms with Crippen molar-refractivity contribution in [2.45, 2.75) is 17.9 Å². The van der Waals surface area contributed by atoms with Crippen LogP contribution in [0.4, 0.5) is 5.82 Å². The first-order valence-electron chi connectivity index (χ1n) is 9.51. The van der Waals surface area contributed by atoms with Gasteiger partial charge < -0.3 is 9.64 Å². The normalized spacial score (nSPS) is 17.7. The van der Waals surface area contributed by atoms with E-state index >= 15 is 0 Å². The maximum absolute atomic E-state index is 13.0. The van der Waals surface area contributed by atoms with Gasteiger partial charge in [0.1, 0.15) is 17.9 Å². The topological polar surface area (TPSA) is 75.6 Å². The zero-order valence-corrected chi connectivity index (χ0v) is 17.9. The molecule has 156 valence electrons. The van der Waals surface area contributed by atoms with Gasteiger partial charge in [-0.15, -0.1) is 0 Å². The fourth-order valence-electron chi connectivity index (χ4n) is 3.43. The van der Waals surface area contributed by atoms with Gasteiger partial charge in [0.2, 0.25) is 15.9 Å². The van der Waals surface area contributed by atoms with E-state index in [1.54, 1.807) is 52.8 Å². The Morgan fingerprint density at radius 3 is 2.50 bits per heavy atom. The number of aromatic nitrogens is 2. The van der Waals surface area contributed by atoms with Gasteiger partial charge in [0.05, 0.1) is 9.92 Å². The van der Waals surface area contributed by atoms with Crippen LogP contribution >= 0.6 is 11.6 Å². The lowest BCUT2D eigenvalue weighted by molar-refractivity contribution is 0.305. The summed E-state index contributed by atoms with van der Waals surface area (Å²) in [6, 6.07) is 17.2. The lowest BCUT2D eigenvalue weighted by Crippen LogP contribution is -2.54. The molecular formula is C21H21ClN4O3S. The third-order valence-electron chi connectivity index (χ3n) is 4.92. The van der Waals surface area contributed by atoms with E-state index in [-0.39, 0.29) is 6.04 Å². The molecule has 0 radical (unpaired) electrons. The van der Waals surface area contributed by atoms with Crippen LogP contribution in [0.2, 0.25) is 5.02 Å². The second kappa shape index (κ2) is 8.59. The quantitative estimate of drug-likeness (QED) is 0.595. The highest BCUT2D eigenvalue weighted by atomic mass is 35.5. The Bertz CT molecular complexity index is 1130. The van der Waals surface area contributed by atoms with E-state index in [4.69, 9.17) is 16.3 Å². The molecule has 7 nitrogen and oxygen atoms in total. The monoisotopic (exact) mass is 444 g/mol. The first-order valence-corrected chi connectivity index (χ1v) is 11.3. The third kappa shape index (κ3) is 4.26. The molecule has 1 unspecified atom stereocenters. The fraction of sp³-hybridized carbons (Fsp3) is 0.238. The Hall–Kier alpha value is -2.68. The van der Waals surface area contributed by atoms with Gasteiger partial charge in [-0.25, -0.2) is 18.4 Å². The average Bonchev–Trinajstić information content (AvgIpc) is 2.76. The van der Waals surface area contributed by atoms with Crippen LogP contribution in [-0.4, -0.2) is 48.4 Å². The molecule has 0 amide bonds. The van der Waals surface area contributed by atoms with Crippen molar-refractivity contribution in [2.75, 3.05) is 24.5 Å². The highest BCUT2D eigenvalue weighted by Gasteiger charge is 2.34. The summed E-state index contributed by atoms with van der Waals surface area (Å²) in [5.41, 5.74) is 0. The van der Waals surface area contributed by atoms with Gasteiger partial charge in [0, 0.05) is 31.7 Å². The maximum Gasteiger partial charge on any atom is 0.243 e. The largest absolute Gasteiger partial charge is 0.437 e. The minimum atomic E-state index is -3.54. The smallest absolute Gasteiger partial charge is 0.243 e. The second-order valence-electron chi connectivity index (χ2n) is 6.97. The van der Waals surface area contributed by atoms with Crippen LogP contribution in [0.3, 0.4) is 0 Å². The van der Waals surface area contributed by atoms with Crippen molar-refractivity contribution in [2.24, 2.45) is 0 Å². The molecule has 0 spiro atoms. The Balaban J connectivity index is 1.49. The summed E-state index contributed by atoms with van der Waals surface area (Å²) in [4.78, 5) is 10.8. The van der Waals surface area contributed by atoms with Gasteiger partial charge in [-0.1, -0.05) is 41.9 Å². The molecular weight excluding hydrogens is 424 g/mol. The van der Waals surface area contributed by atoms with Gasteiger partial charge >= 0.3 is 0 Å². The molecule has 1 atom stereocenters. The van der Waals surface area contributed by atoms with Crippen LogP contribution in [0, 0.1) is 0 Å². The van der Waals surface area contributed by atoms with Crippen molar-refractivity contribution in [3.63, 3.8) is 0 Å². The fourth-order valence-corrected chi connectivity index (χ4v) is 5.24. The molecule has 2 heterocycles. The molecule has 0 bridgehead atoms. The number of para-hydroxylation sites is 1. The van der Waals surface area contributed by atoms with Crippen molar-refractivity contribution in [3.8, 4) is 11.6 Å². The lowest BCUT2D eigenvalue weighted by atomic mass is 10.2. The molecule has 0 N–H and O–H groups in total. The predicted molar refractivity (Wildman–Crippen MR) is 116 cm³/mol. The molecule has 30 heavy (non-hydrogen) atoms. The highest BCUT2D eigenvalue weighted by Crippen LogP contribution is 2.30. The van der Waals surface area contributed by atoms with Crippen LogP contribution in [0.15, 0.2) is 71.9 Å². The third-order valence-corrected chi connectivity index (χ3v) is 7.26. The summed E-state index contributed by atoms with van der Waals surface area (Å²) in [7, 11) is -3.54. The molecule has 4 rings (SSSR count). The van der Waals surface area contributed by atoms with Crippen LogP contribution in [0.1, 0.15) is 6.92 Å². The molecule has 1 saturated heterocycles. The van der Waals surface area contributed by atoms with Gasteiger partial charge in [-0.05, 0) is 31.2 Å². The first kappa shape index (κ1) is 20.6. The van der Waals surface area contributed by atoms with E-state index in [0.717, 1.165) is 0 Å². The number of hydrogen-bond donors (Lipinski definition) is 0. The van der Waals surface area contributed by atoms with Gasteiger partial charge in [0.15, 0.2) is 0 Å². The molecule has 1 aromatic heterocycles.